The summed E-state index contributed by atoms with van der Waals surface area (Å²) in [6.45, 7) is 8.06. The van der Waals surface area contributed by atoms with Crippen molar-refractivity contribution in [3.63, 3.8) is 0 Å². The number of fused-ring (bicyclic) bond motifs is 1. The minimum Gasteiger partial charge on any atom is -0.400 e. The van der Waals surface area contributed by atoms with Crippen molar-refractivity contribution < 1.29 is 17.7 Å². The van der Waals surface area contributed by atoms with Gasteiger partial charge in [0.1, 0.15) is 5.84 Å². The molecular formula is C19H25BN2O4S. The Hall–Kier alpha value is -1.64. The Labute approximate surface area is 161 Å². The largest absolute Gasteiger partial charge is 0.492 e. The molecule has 27 heavy (non-hydrogen) atoms. The first-order valence-corrected chi connectivity index (χ1v) is 10.8. The van der Waals surface area contributed by atoms with E-state index >= 15 is 0 Å². The van der Waals surface area contributed by atoms with Crippen molar-refractivity contribution in [2.75, 3.05) is 0 Å². The smallest absolute Gasteiger partial charge is 0.400 e. The van der Waals surface area contributed by atoms with Crippen LogP contribution >= 0.6 is 0 Å². The molecule has 1 atom stereocenters. The van der Waals surface area contributed by atoms with E-state index in [1.807, 2.05) is 39.8 Å². The zero-order valence-electron chi connectivity index (χ0n) is 16.2. The van der Waals surface area contributed by atoms with Gasteiger partial charge < -0.3 is 9.31 Å². The molecule has 0 saturated carbocycles. The summed E-state index contributed by atoms with van der Waals surface area (Å²) in [5.74, 6) is 0.462. The van der Waals surface area contributed by atoms with E-state index in [0.717, 1.165) is 11.9 Å². The minimum atomic E-state index is -3.57. The molecule has 3 heterocycles. The van der Waals surface area contributed by atoms with E-state index in [1.54, 1.807) is 24.6 Å². The van der Waals surface area contributed by atoms with E-state index in [-0.39, 0.29) is 5.92 Å². The molecule has 0 N–H and O–H groups in total. The summed E-state index contributed by atoms with van der Waals surface area (Å²) < 4.78 is 39.5. The number of aliphatic imine (C=N–C) groups is 1. The molecular weight excluding hydrogens is 363 g/mol. The van der Waals surface area contributed by atoms with E-state index in [1.165, 1.54) is 4.31 Å². The molecule has 0 aromatic rings. The number of rotatable bonds is 3. The molecule has 8 heteroatoms. The molecule has 0 spiro atoms. The fraction of sp³-hybridized carbons (Fsp3) is 0.526. The molecule has 0 radical (unpaired) electrons. The van der Waals surface area contributed by atoms with Crippen LogP contribution in [-0.4, -0.2) is 36.9 Å². The first-order valence-electron chi connectivity index (χ1n) is 9.32. The van der Waals surface area contributed by atoms with Crippen molar-refractivity contribution in [3.05, 3.63) is 47.1 Å². The summed E-state index contributed by atoms with van der Waals surface area (Å²) in [6.07, 6.45) is 12.6. The summed E-state index contributed by atoms with van der Waals surface area (Å²) in [5.41, 5.74) is 0.112. The van der Waals surface area contributed by atoms with Crippen LogP contribution in [0.15, 0.2) is 52.1 Å². The summed E-state index contributed by atoms with van der Waals surface area (Å²) in [5, 5.41) is 0. The number of nitrogens with zero attached hydrogens (tertiary/aromatic N) is 2. The van der Waals surface area contributed by atoms with Gasteiger partial charge in [-0.25, -0.2) is 17.7 Å². The van der Waals surface area contributed by atoms with Crippen LogP contribution in [0.4, 0.5) is 0 Å². The zero-order chi connectivity index (χ0) is 19.4. The average molecular weight is 388 g/mol. The Morgan fingerprint density at radius 3 is 2.56 bits per heavy atom. The summed E-state index contributed by atoms with van der Waals surface area (Å²) in [7, 11) is -4.03. The van der Waals surface area contributed by atoms with Gasteiger partial charge in [0.15, 0.2) is 0 Å². The second-order valence-electron chi connectivity index (χ2n) is 8.33. The number of hydrogen-bond acceptors (Lipinski definition) is 5. The molecule has 3 aliphatic heterocycles. The van der Waals surface area contributed by atoms with E-state index < -0.39 is 28.3 Å². The maximum Gasteiger partial charge on any atom is 0.492 e. The van der Waals surface area contributed by atoms with Gasteiger partial charge in [-0.2, -0.15) is 0 Å². The molecule has 1 saturated heterocycles. The van der Waals surface area contributed by atoms with Crippen LogP contribution in [0.1, 0.15) is 47.0 Å². The molecule has 0 aromatic heterocycles. The normalized spacial score (nSPS) is 28.7. The molecule has 1 aliphatic carbocycles. The topological polar surface area (TPSA) is 68.2 Å². The number of sulfonamides is 1. The monoisotopic (exact) mass is 388 g/mol. The fourth-order valence-electron chi connectivity index (χ4n) is 3.55. The number of allylic oxidation sites excluding steroid dienone is 5. The van der Waals surface area contributed by atoms with Gasteiger partial charge in [-0.15, -0.1) is 0 Å². The fourth-order valence-corrected chi connectivity index (χ4v) is 5.09. The van der Waals surface area contributed by atoms with Crippen LogP contribution in [0.25, 0.3) is 0 Å². The summed E-state index contributed by atoms with van der Waals surface area (Å²) in [6, 6.07) is 0. The molecule has 4 aliphatic rings. The zero-order valence-corrected chi connectivity index (χ0v) is 17.0. The van der Waals surface area contributed by atoms with Gasteiger partial charge in [0.2, 0.25) is 0 Å². The minimum absolute atomic E-state index is 0.0847. The molecule has 4 rings (SSSR count). The Morgan fingerprint density at radius 2 is 1.93 bits per heavy atom. The van der Waals surface area contributed by atoms with Crippen LogP contribution < -0.4 is 0 Å². The van der Waals surface area contributed by atoms with Crippen molar-refractivity contribution in [2.24, 2.45) is 10.9 Å². The van der Waals surface area contributed by atoms with Gasteiger partial charge in [-0.05, 0) is 58.5 Å². The lowest BCUT2D eigenvalue weighted by Crippen LogP contribution is -2.41. The molecule has 0 amide bonds. The van der Waals surface area contributed by atoms with Crippen LogP contribution in [0.2, 0.25) is 0 Å². The highest BCUT2D eigenvalue weighted by Gasteiger charge is 2.53. The average Bonchev–Trinajstić information content (AvgIpc) is 3.13. The molecule has 1 unspecified atom stereocenters. The molecule has 0 aromatic carbocycles. The third-order valence-corrected chi connectivity index (χ3v) is 7.78. The first kappa shape index (κ1) is 18.7. The van der Waals surface area contributed by atoms with Gasteiger partial charge in [0.05, 0.1) is 16.1 Å². The molecule has 144 valence electrons. The second-order valence-corrected chi connectivity index (χ2v) is 10.2. The lowest BCUT2D eigenvalue weighted by molar-refractivity contribution is 0.00578. The van der Waals surface area contributed by atoms with E-state index in [0.29, 0.717) is 23.6 Å². The predicted molar refractivity (Wildman–Crippen MR) is 106 cm³/mol. The maximum atomic E-state index is 13.0. The highest BCUT2D eigenvalue weighted by Crippen LogP contribution is 2.41. The predicted octanol–water partition coefficient (Wildman–Crippen LogP) is 3.31. The Morgan fingerprint density at radius 1 is 1.22 bits per heavy atom. The van der Waals surface area contributed by atoms with Crippen molar-refractivity contribution in [2.45, 2.75) is 58.2 Å². The third-order valence-electron chi connectivity index (χ3n) is 5.95. The van der Waals surface area contributed by atoms with Crippen LogP contribution in [0.5, 0.6) is 0 Å². The molecule has 6 nitrogen and oxygen atoms in total. The Bertz CT molecular complexity index is 896. The highest BCUT2D eigenvalue weighted by atomic mass is 32.2. The molecule has 1 fully saturated rings. The van der Waals surface area contributed by atoms with E-state index in [4.69, 9.17) is 9.31 Å². The van der Waals surface area contributed by atoms with Gasteiger partial charge in [-0.1, -0.05) is 18.2 Å². The van der Waals surface area contributed by atoms with E-state index in [2.05, 4.69) is 4.99 Å². The van der Waals surface area contributed by atoms with Crippen molar-refractivity contribution in [3.8, 4) is 0 Å². The lowest BCUT2D eigenvalue weighted by Gasteiger charge is -2.32. The van der Waals surface area contributed by atoms with Gasteiger partial charge in [0.25, 0.3) is 10.0 Å². The third kappa shape index (κ3) is 3.04. The van der Waals surface area contributed by atoms with Crippen molar-refractivity contribution in [1.82, 2.24) is 4.31 Å². The standard InChI is InChI=1S/C19H25BN2O4S/c1-18(2)19(3,4)26-20(25-18)15-12-14-10-11-22(17(14)21-13-15)27(23,24)16-8-6-5-7-9-16/h5-6,8,10-11,13-14H,7,9,12H2,1-4H3. The van der Waals surface area contributed by atoms with Crippen LogP contribution in [-0.2, 0) is 19.3 Å². The van der Waals surface area contributed by atoms with Crippen LogP contribution in [0, 0.1) is 5.92 Å². The van der Waals surface area contributed by atoms with Gasteiger partial charge >= 0.3 is 7.12 Å². The maximum absolute atomic E-state index is 13.0. The van der Waals surface area contributed by atoms with Crippen molar-refractivity contribution >= 4 is 23.0 Å². The van der Waals surface area contributed by atoms with E-state index in [9.17, 15) is 8.42 Å². The SMILES string of the molecule is CC1(C)OB(C2=CN=C3C(C=CN3S(=O)(=O)C3=CC=CCC3)C2)OC1(C)C. The van der Waals surface area contributed by atoms with Gasteiger partial charge in [0, 0.05) is 18.3 Å². The lowest BCUT2D eigenvalue weighted by atomic mass is 9.73. The Balaban J connectivity index is 1.59. The summed E-state index contributed by atoms with van der Waals surface area (Å²) >= 11 is 0. The first-order chi connectivity index (χ1) is 12.6. The highest BCUT2D eigenvalue weighted by molar-refractivity contribution is 7.93. The second kappa shape index (κ2) is 6.19. The number of hydrogen-bond donors (Lipinski definition) is 0. The number of amidine groups is 1. The van der Waals surface area contributed by atoms with Gasteiger partial charge in [-0.3, -0.25) is 0 Å². The van der Waals surface area contributed by atoms with Crippen molar-refractivity contribution in [1.29, 1.82) is 0 Å². The Kier molecular flexibility index (Phi) is 4.29. The summed E-state index contributed by atoms with van der Waals surface area (Å²) in [4.78, 5) is 4.92. The quantitative estimate of drug-likeness (QED) is 0.696. The molecule has 0 bridgehead atoms. The van der Waals surface area contributed by atoms with Crippen LogP contribution in [0.3, 0.4) is 0 Å².